The summed E-state index contributed by atoms with van der Waals surface area (Å²) < 4.78 is 0. The van der Waals surface area contributed by atoms with Crippen LogP contribution in [0.2, 0.25) is 0 Å². The summed E-state index contributed by atoms with van der Waals surface area (Å²) in [6, 6.07) is 8.86. The van der Waals surface area contributed by atoms with Crippen LogP contribution in [0.4, 0.5) is 0 Å². The SMILES string of the molecule is CC1(C)NC(=O)C(c2ccccc2)N(C(C)(C)C)C1=O. The highest BCUT2D eigenvalue weighted by atomic mass is 16.2. The van der Waals surface area contributed by atoms with Gasteiger partial charge in [-0.05, 0) is 40.2 Å². The van der Waals surface area contributed by atoms with Crippen LogP contribution in [0, 0.1) is 0 Å². The van der Waals surface area contributed by atoms with E-state index >= 15 is 0 Å². The molecule has 0 saturated carbocycles. The smallest absolute Gasteiger partial charge is 0.249 e. The summed E-state index contributed by atoms with van der Waals surface area (Å²) in [6.45, 7) is 9.35. The summed E-state index contributed by atoms with van der Waals surface area (Å²) in [5.41, 5.74) is -0.453. The first-order valence-electron chi connectivity index (χ1n) is 6.85. The van der Waals surface area contributed by atoms with Crippen molar-refractivity contribution in [2.75, 3.05) is 0 Å². The van der Waals surface area contributed by atoms with Crippen LogP contribution in [0.1, 0.15) is 46.2 Å². The highest BCUT2D eigenvalue weighted by molar-refractivity contribution is 6.00. The lowest BCUT2D eigenvalue weighted by Gasteiger charge is -2.49. The number of nitrogens with one attached hydrogen (secondary N) is 1. The van der Waals surface area contributed by atoms with Gasteiger partial charge in [-0.3, -0.25) is 9.59 Å². The molecule has 0 aliphatic carbocycles. The highest BCUT2D eigenvalue weighted by Crippen LogP contribution is 2.34. The number of piperazine rings is 1. The van der Waals surface area contributed by atoms with E-state index in [4.69, 9.17) is 0 Å². The van der Waals surface area contributed by atoms with Gasteiger partial charge in [0.2, 0.25) is 11.8 Å². The minimum absolute atomic E-state index is 0.0570. The molecule has 20 heavy (non-hydrogen) atoms. The van der Waals surface area contributed by atoms with Crippen LogP contribution in [0.15, 0.2) is 30.3 Å². The standard InChI is InChI=1S/C16H22N2O2/c1-15(2,3)18-12(11-9-7-6-8-10-11)13(19)17-16(4,5)14(18)20/h6-10,12H,1-5H3,(H,17,19). The van der Waals surface area contributed by atoms with Gasteiger partial charge in [0, 0.05) is 5.54 Å². The van der Waals surface area contributed by atoms with Crippen LogP contribution in [-0.4, -0.2) is 27.8 Å². The molecule has 1 aliphatic rings. The van der Waals surface area contributed by atoms with Crippen molar-refractivity contribution in [1.82, 2.24) is 10.2 Å². The van der Waals surface area contributed by atoms with Gasteiger partial charge in [0.25, 0.3) is 0 Å². The third-order valence-electron chi connectivity index (χ3n) is 3.53. The minimum Gasteiger partial charge on any atom is -0.340 e. The first-order valence-corrected chi connectivity index (χ1v) is 6.85. The van der Waals surface area contributed by atoms with E-state index in [1.807, 2.05) is 51.1 Å². The van der Waals surface area contributed by atoms with Gasteiger partial charge in [0.15, 0.2) is 0 Å². The van der Waals surface area contributed by atoms with E-state index in [-0.39, 0.29) is 11.8 Å². The number of hydrogen-bond acceptors (Lipinski definition) is 2. The fourth-order valence-corrected chi connectivity index (χ4v) is 2.59. The van der Waals surface area contributed by atoms with Crippen LogP contribution in [0.3, 0.4) is 0 Å². The quantitative estimate of drug-likeness (QED) is 0.854. The molecule has 1 aromatic carbocycles. The molecular weight excluding hydrogens is 252 g/mol. The van der Waals surface area contributed by atoms with E-state index in [1.54, 1.807) is 18.7 Å². The number of hydrogen-bond donors (Lipinski definition) is 1. The maximum Gasteiger partial charge on any atom is 0.249 e. The predicted molar refractivity (Wildman–Crippen MR) is 78.0 cm³/mol. The van der Waals surface area contributed by atoms with Crippen LogP contribution in [0.25, 0.3) is 0 Å². The Hall–Kier alpha value is -1.84. The Labute approximate surface area is 120 Å². The van der Waals surface area contributed by atoms with Crippen molar-refractivity contribution in [2.45, 2.75) is 51.7 Å². The van der Waals surface area contributed by atoms with E-state index in [0.717, 1.165) is 5.56 Å². The van der Waals surface area contributed by atoms with E-state index in [0.29, 0.717) is 0 Å². The average molecular weight is 274 g/mol. The van der Waals surface area contributed by atoms with E-state index in [2.05, 4.69) is 5.32 Å². The molecule has 4 heteroatoms. The maximum atomic E-state index is 12.7. The van der Waals surface area contributed by atoms with Gasteiger partial charge in [-0.25, -0.2) is 0 Å². The molecule has 1 atom stereocenters. The van der Waals surface area contributed by atoms with Crippen molar-refractivity contribution in [3.8, 4) is 0 Å². The number of nitrogens with zero attached hydrogens (tertiary/aromatic N) is 1. The number of benzene rings is 1. The predicted octanol–water partition coefficient (Wildman–Crippen LogP) is 2.26. The molecule has 2 amide bonds. The van der Waals surface area contributed by atoms with Crippen molar-refractivity contribution in [2.24, 2.45) is 0 Å². The molecule has 1 aliphatic heterocycles. The number of carbonyl (C=O) groups excluding carboxylic acids is 2. The molecule has 0 spiro atoms. The zero-order valence-electron chi connectivity index (χ0n) is 12.7. The van der Waals surface area contributed by atoms with Crippen molar-refractivity contribution in [3.05, 3.63) is 35.9 Å². The molecular formula is C16H22N2O2. The average Bonchev–Trinajstić information content (AvgIpc) is 2.32. The molecule has 2 rings (SSSR count). The zero-order chi connectivity index (χ0) is 15.1. The second-order valence-corrected chi connectivity index (χ2v) is 6.77. The molecule has 1 aromatic rings. The molecule has 108 valence electrons. The lowest BCUT2D eigenvalue weighted by Crippen LogP contribution is -2.68. The Balaban J connectivity index is 2.53. The van der Waals surface area contributed by atoms with Gasteiger partial charge < -0.3 is 10.2 Å². The number of carbonyl (C=O) groups is 2. The van der Waals surface area contributed by atoms with Crippen LogP contribution >= 0.6 is 0 Å². The fourth-order valence-electron chi connectivity index (χ4n) is 2.59. The summed E-state index contributed by atoms with van der Waals surface area (Å²) in [5, 5.41) is 2.83. The first kappa shape index (κ1) is 14.6. The fraction of sp³-hybridized carbons (Fsp3) is 0.500. The highest BCUT2D eigenvalue weighted by Gasteiger charge is 2.49. The summed E-state index contributed by atoms with van der Waals surface area (Å²) in [4.78, 5) is 26.9. The van der Waals surface area contributed by atoms with Gasteiger partial charge in [-0.15, -0.1) is 0 Å². The summed E-state index contributed by atoms with van der Waals surface area (Å²) in [5.74, 6) is -0.186. The largest absolute Gasteiger partial charge is 0.340 e. The Bertz CT molecular complexity index is 529. The molecule has 0 radical (unpaired) electrons. The lowest BCUT2D eigenvalue weighted by atomic mass is 9.88. The van der Waals surface area contributed by atoms with E-state index < -0.39 is 17.1 Å². The Morgan fingerprint density at radius 3 is 2.15 bits per heavy atom. The van der Waals surface area contributed by atoms with Crippen molar-refractivity contribution < 1.29 is 9.59 Å². The third-order valence-corrected chi connectivity index (χ3v) is 3.53. The molecule has 1 unspecified atom stereocenters. The van der Waals surface area contributed by atoms with Crippen molar-refractivity contribution >= 4 is 11.8 Å². The second-order valence-electron chi connectivity index (χ2n) is 6.77. The van der Waals surface area contributed by atoms with E-state index in [1.165, 1.54) is 0 Å². The maximum absolute atomic E-state index is 12.7. The van der Waals surface area contributed by atoms with Crippen LogP contribution in [-0.2, 0) is 9.59 Å². The zero-order valence-corrected chi connectivity index (χ0v) is 12.7. The Morgan fingerprint density at radius 2 is 1.65 bits per heavy atom. The topological polar surface area (TPSA) is 49.4 Å². The molecule has 1 saturated heterocycles. The molecule has 1 fully saturated rings. The van der Waals surface area contributed by atoms with Gasteiger partial charge in [-0.1, -0.05) is 30.3 Å². The minimum atomic E-state index is -0.865. The van der Waals surface area contributed by atoms with Gasteiger partial charge in [-0.2, -0.15) is 0 Å². The third kappa shape index (κ3) is 2.42. The summed E-state index contributed by atoms with van der Waals surface area (Å²) in [6.07, 6.45) is 0. The molecule has 1 heterocycles. The summed E-state index contributed by atoms with van der Waals surface area (Å²) >= 11 is 0. The van der Waals surface area contributed by atoms with Gasteiger partial charge >= 0.3 is 0 Å². The van der Waals surface area contributed by atoms with Gasteiger partial charge in [0.05, 0.1) is 0 Å². The summed E-state index contributed by atoms with van der Waals surface area (Å²) in [7, 11) is 0. The Kier molecular flexibility index (Phi) is 3.36. The number of rotatable bonds is 1. The van der Waals surface area contributed by atoms with Crippen molar-refractivity contribution in [3.63, 3.8) is 0 Å². The molecule has 1 N–H and O–H groups in total. The van der Waals surface area contributed by atoms with Crippen LogP contribution < -0.4 is 5.32 Å². The molecule has 0 aromatic heterocycles. The first-order chi connectivity index (χ1) is 9.14. The van der Waals surface area contributed by atoms with E-state index in [9.17, 15) is 9.59 Å². The van der Waals surface area contributed by atoms with Crippen LogP contribution in [0.5, 0.6) is 0 Å². The number of amides is 2. The van der Waals surface area contributed by atoms with Gasteiger partial charge in [0.1, 0.15) is 11.6 Å². The monoisotopic (exact) mass is 274 g/mol. The molecule has 4 nitrogen and oxygen atoms in total. The lowest BCUT2D eigenvalue weighted by molar-refractivity contribution is -0.160. The van der Waals surface area contributed by atoms with Crippen molar-refractivity contribution in [1.29, 1.82) is 0 Å². The second kappa shape index (κ2) is 4.62. The molecule has 0 bridgehead atoms. The Morgan fingerprint density at radius 1 is 1.10 bits per heavy atom. The normalized spacial score (nSPS) is 22.6.